The van der Waals surface area contributed by atoms with E-state index in [0.717, 1.165) is 11.4 Å². The molecule has 0 fully saturated rings. The number of ether oxygens (including phenoxy) is 1. The van der Waals surface area contributed by atoms with E-state index in [9.17, 15) is 4.39 Å². The number of hydrogen-bond donors (Lipinski definition) is 1. The van der Waals surface area contributed by atoms with Gasteiger partial charge < -0.3 is 14.4 Å². The highest BCUT2D eigenvalue weighted by molar-refractivity contribution is 5.58. The first-order valence-corrected chi connectivity index (χ1v) is 6.05. The Morgan fingerprint density at radius 3 is 2.74 bits per heavy atom. The smallest absolute Gasteiger partial charge is 0.165 e. The minimum atomic E-state index is -0.413. The molecule has 102 valence electrons. The summed E-state index contributed by atoms with van der Waals surface area (Å²) in [7, 11) is 3.31. The van der Waals surface area contributed by atoms with Gasteiger partial charge in [0.15, 0.2) is 11.6 Å². The van der Waals surface area contributed by atoms with Gasteiger partial charge >= 0.3 is 0 Å². The molecule has 5 heteroatoms. The molecule has 0 spiro atoms. The largest absolute Gasteiger partial charge is 0.494 e. The molecule has 0 bridgehead atoms. The van der Waals surface area contributed by atoms with Gasteiger partial charge in [0.2, 0.25) is 0 Å². The molecule has 2 aromatic rings. The molecule has 1 aromatic heterocycles. The molecule has 19 heavy (non-hydrogen) atoms. The zero-order valence-corrected chi connectivity index (χ0v) is 11.3. The van der Waals surface area contributed by atoms with Crippen LogP contribution in [-0.2, 0) is 13.5 Å². The number of rotatable bonds is 4. The topological polar surface area (TPSA) is 47.3 Å². The fourth-order valence-corrected chi connectivity index (χ4v) is 2.04. The Bertz CT molecular complexity index is 593. The molecule has 0 unspecified atom stereocenters. The van der Waals surface area contributed by atoms with Crippen LogP contribution in [0.25, 0.3) is 11.4 Å². The quantitative estimate of drug-likeness (QED) is 0.919. The van der Waals surface area contributed by atoms with Crippen LogP contribution in [-0.4, -0.2) is 28.4 Å². The molecule has 2 rings (SSSR count). The molecule has 0 aliphatic rings. The highest BCUT2D eigenvalue weighted by Crippen LogP contribution is 2.26. The Kier molecular flexibility index (Phi) is 3.85. The predicted octanol–water partition coefficient (Wildman–Crippen LogP) is 2.08. The summed E-state index contributed by atoms with van der Waals surface area (Å²) in [5.74, 6) is 0.483. The molecule has 0 aliphatic carbocycles. The standard InChI is InChI=1S/C14H17FN2O2/c1-9-12(6-7-18)16-14(17(9)2)10-4-5-13(19-3)11(15)8-10/h4-5,8,18H,6-7H2,1-3H3. The van der Waals surface area contributed by atoms with E-state index >= 15 is 0 Å². The van der Waals surface area contributed by atoms with E-state index < -0.39 is 5.82 Å². The summed E-state index contributed by atoms with van der Waals surface area (Å²) in [6.45, 7) is 1.98. The summed E-state index contributed by atoms with van der Waals surface area (Å²) in [6, 6.07) is 4.76. The maximum Gasteiger partial charge on any atom is 0.165 e. The van der Waals surface area contributed by atoms with Crippen molar-refractivity contribution in [3.63, 3.8) is 0 Å². The van der Waals surface area contributed by atoms with Crippen LogP contribution < -0.4 is 4.74 Å². The van der Waals surface area contributed by atoms with Crippen LogP contribution in [0.3, 0.4) is 0 Å². The average molecular weight is 264 g/mol. The molecule has 0 atom stereocenters. The minimum absolute atomic E-state index is 0.0499. The zero-order valence-electron chi connectivity index (χ0n) is 11.3. The van der Waals surface area contributed by atoms with Crippen molar-refractivity contribution >= 4 is 0 Å². The molecule has 0 saturated heterocycles. The first-order chi connectivity index (χ1) is 9.08. The van der Waals surface area contributed by atoms with Crippen LogP contribution in [0.1, 0.15) is 11.4 Å². The second-order valence-corrected chi connectivity index (χ2v) is 4.35. The van der Waals surface area contributed by atoms with Crippen LogP contribution in [0.2, 0.25) is 0 Å². The fraction of sp³-hybridized carbons (Fsp3) is 0.357. The molecule has 4 nitrogen and oxygen atoms in total. The SMILES string of the molecule is COc1ccc(-c2nc(CCO)c(C)n2C)cc1F. The number of imidazole rings is 1. The molecular weight excluding hydrogens is 247 g/mol. The van der Waals surface area contributed by atoms with Gasteiger partial charge in [-0.3, -0.25) is 0 Å². The lowest BCUT2D eigenvalue weighted by Crippen LogP contribution is -1.97. The van der Waals surface area contributed by atoms with Crippen molar-refractivity contribution in [3.05, 3.63) is 35.4 Å². The van der Waals surface area contributed by atoms with Gasteiger partial charge in [-0.15, -0.1) is 0 Å². The first-order valence-electron chi connectivity index (χ1n) is 6.05. The zero-order chi connectivity index (χ0) is 14.0. The van der Waals surface area contributed by atoms with E-state index in [1.54, 1.807) is 12.1 Å². The van der Waals surface area contributed by atoms with Crippen LogP contribution in [0.4, 0.5) is 4.39 Å². The summed E-state index contributed by atoms with van der Waals surface area (Å²) < 4.78 is 20.5. The van der Waals surface area contributed by atoms with E-state index in [0.29, 0.717) is 17.8 Å². The van der Waals surface area contributed by atoms with Gasteiger partial charge in [0.25, 0.3) is 0 Å². The predicted molar refractivity (Wildman–Crippen MR) is 70.7 cm³/mol. The third-order valence-electron chi connectivity index (χ3n) is 3.24. The number of hydrogen-bond acceptors (Lipinski definition) is 3. The molecular formula is C14H17FN2O2. The van der Waals surface area contributed by atoms with Crippen LogP contribution in [0, 0.1) is 12.7 Å². The molecule has 0 aliphatic heterocycles. The van der Waals surface area contributed by atoms with E-state index in [1.807, 2.05) is 18.5 Å². The van der Waals surface area contributed by atoms with Crippen molar-refractivity contribution in [1.82, 2.24) is 9.55 Å². The third-order valence-corrected chi connectivity index (χ3v) is 3.24. The number of aliphatic hydroxyl groups is 1. The van der Waals surface area contributed by atoms with Crippen LogP contribution in [0.15, 0.2) is 18.2 Å². The number of aliphatic hydroxyl groups excluding tert-OH is 1. The van der Waals surface area contributed by atoms with E-state index in [2.05, 4.69) is 4.98 Å². The Morgan fingerprint density at radius 2 is 2.16 bits per heavy atom. The van der Waals surface area contributed by atoms with Crippen LogP contribution >= 0.6 is 0 Å². The second-order valence-electron chi connectivity index (χ2n) is 4.35. The maximum atomic E-state index is 13.7. The Balaban J connectivity index is 2.47. The van der Waals surface area contributed by atoms with E-state index in [-0.39, 0.29) is 12.4 Å². The number of methoxy groups -OCH3 is 1. The van der Waals surface area contributed by atoms with Gasteiger partial charge in [-0.25, -0.2) is 9.37 Å². The first kappa shape index (κ1) is 13.5. The number of benzene rings is 1. The highest BCUT2D eigenvalue weighted by atomic mass is 19.1. The van der Waals surface area contributed by atoms with Gasteiger partial charge in [-0.2, -0.15) is 0 Å². The summed E-state index contributed by atoms with van der Waals surface area (Å²) >= 11 is 0. The number of aromatic nitrogens is 2. The second kappa shape index (κ2) is 5.40. The van der Waals surface area contributed by atoms with Gasteiger partial charge in [-0.1, -0.05) is 0 Å². The molecule has 1 heterocycles. The van der Waals surface area contributed by atoms with E-state index in [4.69, 9.17) is 9.84 Å². The van der Waals surface area contributed by atoms with Crippen molar-refractivity contribution < 1.29 is 14.2 Å². The summed E-state index contributed by atoms with van der Waals surface area (Å²) in [5, 5.41) is 9.00. The Hall–Kier alpha value is -1.88. The maximum absolute atomic E-state index is 13.7. The third kappa shape index (κ3) is 2.46. The normalized spacial score (nSPS) is 10.8. The number of halogens is 1. The lowest BCUT2D eigenvalue weighted by Gasteiger charge is -2.06. The van der Waals surface area contributed by atoms with Gasteiger partial charge in [-0.05, 0) is 25.1 Å². The Labute approximate surface area is 111 Å². The van der Waals surface area contributed by atoms with Crippen molar-refractivity contribution in [1.29, 1.82) is 0 Å². The monoisotopic (exact) mass is 264 g/mol. The Morgan fingerprint density at radius 1 is 1.42 bits per heavy atom. The molecule has 1 N–H and O–H groups in total. The van der Waals surface area contributed by atoms with Gasteiger partial charge in [0, 0.05) is 31.3 Å². The molecule has 0 saturated carbocycles. The minimum Gasteiger partial charge on any atom is -0.494 e. The van der Waals surface area contributed by atoms with Crippen molar-refractivity contribution in [2.45, 2.75) is 13.3 Å². The highest BCUT2D eigenvalue weighted by Gasteiger charge is 2.14. The lowest BCUT2D eigenvalue weighted by atomic mass is 10.2. The van der Waals surface area contributed by atoms with Crippen molar-refractivity contribution in [2.24, 2.45) is 7.05 Å². The van der Waals surface area contributed by atoms with Gasteiger partial charge in [0.1, 0.15) is 5.82 Å². The van der Waals surface area contributed by atoms with Gasteiger partial charge in [0.05, 0.1) is 12.8 Å². The lowest BCUT2D eigenvalue weighted by molar-refractivity contribution is 0.298. The summed E-state index contributed by atoms with van der Waals surface area (Å²) in [6.07, 6.45) is 0.498. The summed E-state index contributed by atoms with van der Waals surface area (Å²) in [4.78, 5) is 4.46. The average Bonchev–Trinajstić information content (AvgIpc) is 2.67. The summed E-state index contributed by atoms with van der Waals surface area (Å²) in [5.41, 5.74) is 2.49. The van der Waals surface area contributed by atoms with Crippen molar-refractivity contribution in [3.8, 4) is 17.1 Å². The molecule has 1 aromatic carbocycles. The van der Waals surface area contributed by atoms with Crippen molar-refractivity contribution in [2.75, 3.05) is 13.7 Å². The fourth-order valence-electron chi connectivity index (χ4n) is 2.04. The van der Waals surface area contributed by atoms with Crippen LogP contribution in [0.5, 0.6) is 5.75 Å². The molecule has 0 radical (unpaired) electrons. The van der Waals surface area contributed by atoms with E-state index in [1.165, 1.54) is 13.2 Å². The number of nitrogens with zero attached hydrogens (tertiary/aromatic N) is 2. The molecule has 0 amide bonds.